The molecule has 4 rings (SSSR count). The second-order valence-corrected chi connectivity index (χ2v) is 7.80. The van der Waals surface area contributed by atoms with Crippen molar-refractivity contribution in [2.24, 2.45) is 0 Å². The van der Waals surface area contributed by atoms with Gasteiger partial charge in [0.05, 0.1) is 13.2 Å². The van der Waals surface area contributed by atoms with E-state index < -0.39 is 0 Å². The molecule has 2 aliphatic rings. The Morgan fingerprint density at radius 1 is 1.07 bits per heavy atom. The number of rotatable bonds is 2. The summed E-state index contributed by atoms with van der Waals surface area (Å²) >= 11 is 0. The molecular weight excluding hydrogens is 329 g/mol. The monoisotopic (exact) mass is 357 g/mol. The first-order valence-electron chi connectivity index (χ1n) is 10.3. The van der Waals surface area contributed by atoms with Crippen molar-refractivity contribution in [3.63, 3.8) is 0 Å². The molecule has 3 heteroatoms. The van der Waals surface area contributed by atoms with E-state index in [1.54, 1.807) is 0 Å². The molecule has 138 valence electrons. The third-order valence-corrected chi connectivity index (χ3v) is 5.92. The average Bonchev–Trinajstić information content (AvgIpc) is 2.74. The lowest BCUT2D eigenvalue weighted by Gasteiger charge is -2.35. The minimum Gasteiger partial charge on any atom is -0.376 e. The average molecular weight is 357 g/mol. The highest BCUT2D eigenvalue weighted by Gasteiger charge is 2.22. The topological polar surface area (TPSA) is 12.5 Å². The molecule has 27 heavy (non-hydrogen) atoms. The molecule has 2 atom stereocenters. The fraction of sp³-hybridized carbons (Fsp3) is 0.417. The van der Waals surface area contributed by atoms with Crippen LogP contribution in [0.3, 0.4) is 0 Å². The van der Waals surface area contributed by atoms with Gasteiger partial charge in [0.1, 0.15) is 13.3 Å². The predicted octanol–water partition coefficient (Wildman–Crippen LogP) is 4.33. The zero-order chi connectivity index (χ0) is 18.5. The van der Waals surface area contributed by atoms with E-state index in [-0.39, 0.29) is 6.04 Å². The van der Waals surface area contributed by atoms with Gasteiger partial charge < -0.3 is 9.64 Å². The lowest BCUT2D eigenvalue weighted by molar-refractivity contribution is 0.108. The van der Waals surface area contributed by atoms with Crippen molar-refractivity contribution < 1.29 is 4.74 Å². The highest BCUT2D eigenvalue weighted by molar-refractivity contribution is 6.38. The van der Waals surface area contributed by atoms with Gasteiger partial charge >= 0.3 is 0 Å². The molecule has 2 fully saturated rings. The van der Waals surface area contributed by atoms with Gasteiger partial charge in [-0.15, -0.1) is 0 Å². The molecule has 0 N–H and O–H groups in total. The molecule has 2 saturated heterocycles. The van der Waals surface area contributed by atoms with Crippen molar-refractivity contribution >= 4 is 13.0 Å². The molecule has 0 bridgehead atoms. The van der Waals surface area contributed by atoms with Crippen molar-refractivity contribution in [1.82, 2.24) is 0 Å². The Hall–Kier alpha value is -2.18. The van der Waals surface area contributed by atoms with Gasteiger partial charge in [0.2, 0.25) is 0 Å². The third kappa shape index (κ3) is 4.39. The normalized spacial score (nSPS) is 22.5. The van der Waals surface area contributed by atoms with E-state index in [4.69, 9.17) is 4.74 Å². The SMILES string of the molecule is Cc1ccccc1N1CCOCC1C#Cc1ccc(C2BCCCC2)cc1. The van der Waals surface area contributed by atoms with Gasteiger partial charge in [-0.25, -0.2) is 0 Å². The van der Waals surface area contributed by atoms with Crippen molar-refractivity contribution in [2.75, 3.05) is 24.7 Å². The summed E-state index contributed by atoms with van der Waals surface area (Å²) in [5.41, 5.74) is 5.16. The maximum atomic E-state index is 5.72. The molecular formula is C24H28BNO. The number of anilines is 1. The van der Waals surface area contributed by atoms with Crippen LogP contribution in [0.5, 0.6) is 0 Å². The minimum atomic E-state index is 0.109. The summed E-state index contributed by atoms with van der Waals surface area (Å²) in [5, 5.41) is 0. The number of ether oxygens (including phenoxy) is 1. The molecule has 2 heterocycles. The molecule has 2 nitrogen and oxygen atoms in total. The smallest absolute Gasteiger partial charge is 0.129 e. The van der Waals surface area contributed by atoms with Gasteiger partial charge in [0, 0.05) is 17.8 Å². The zero-order valence-corrected chi connectivity index (χ0v) is 16.3. The van der Waals surface area contributed by atoms with E-state index in [1.165, 1.54) is 49.7 Å². The van der Waals surface area contributed by atoms with Crippen molar-refractivity contribution in [2.45, 2.75) is 44.4 Å². The Balaban J connectivity index is 1.49. The van der Waals surface area contributed by atoms with E-state index in [1.807, 2.05) is 0 Å². The number of morpholine rings is 1. The van der Waals surface area contributed by atoms with Crippen LogP contribution < -0.4 is 4.90 Å². The molecule has 0 saturated carbocycles. The zero-order valence-electron chi connectivity index (χ0n) is 16.3. The summed E-state index contributed by atoms with van der Waals surface area (Å²) in [5.74, 6) is 7.61. The van der Waals surface area contributed by atoms with Gasteiger partial charge in [-0.05, 0) is 36.5 Å². The summed E-state index contributed by atoms with van der Waals surface area (Å²) in [6.45, 7) is 4.49. The summed E-state index contributed by atoms with van der Waals surface area (Å²) in [7, 11) is 1.34. The third-order valence-electron chi connectivity index (χ3n) is 5.92. The Morgan fingerprint density at radius 3 is 2.70 bits per heavy atom. The van der Waals surface area contributed by atoms with E-state index in [0.29, 0.717) is 6.61 Å². The lowest BCUT2D eigenvalue weighted by Crippen LogP contribution is -2.45. The number of benzene rings is 2. The van der Waals surface area contributed by atoms with Gasteiger partial charge in [-0.2, -0.15) is 0 Å². The van der Waals surface area contributed by atoms with Crippen molar-refractivity contribution in [1.29, 1.82) is 0 Å². The Labute approximate surface area is 164 Å². The molecule has 0 amide bonds. The molecule has 2 aromatic carbocycles. The van der Waals surface area contributed by atoms with Crippen LogP contribution in [0.4, 0.5) is 5.69 Å². The van der Waals surface area contributed by atoms with Gasteiger partial charge in [0.25, 0.3) is 0 Å². The number of aryl methyl sites for hydroxylation is 1. The number of para-hydroxylation sites is 1. The highest BCUT2D eigenvalue weighted by atomic mass is 16.5. The standard InChI is InChI=1S/C24H28BNO/c1-19-6-2-3-8-24(19)26-16-17-27-18-22(26)14-11-20-9-12-21(13-10-20)23-7-4-5-15-25-23/h2-3,6,8-10,12-13,22-23,25H,4-5,7,15-18H2,1H3. The van der Waals surface area contributed by atoms with Crippen molar-refractivity contribution in [3.8, 4) is 11.8 Å². The number of hydrogen-bond acceptors (Lipinski definition) is 2. The lowest BCUT2D eigenvalue weighted by atomic mass is 9.54. The van der Waals surface area contributed by atoms with E-state index >= 15 is 0 Å². The second-order valence-electron chi connectivity index (χ2n) is 7.80. The van der Waals surface area contributed by atoms with Crippen molar-refractivity contribution in [3.05, 3.63) is 65.2 Å². The van der Waals surface area contributed by atoms with Crippen LogP contribution in [0.25, 0.3) is 0 Å². The van der Waals surface area contributed by atoms with Crippen LogP contribution in [-0.4, -0.2) is 33.1 Å². The Bertz CT molecular complexity index is 814. The van der Waals surface area contributed by atoms with Crippen LogP contribution in [0.15, 0.2) is 48.5 Å². The molecule has 0 aliphatic carbocycles. The first-order chi connectivity index (χ1) is 13.3. The summed E-state index contributed by atoms with van der Waals surface area (Å²) < 4.78 is 5.72. The van der Waals surface area contributed by atoms with Crippen LogP contribution in [0.1, 0.15) is 41.8 Å². The van der Waals surface area contributed by atoms with Crippen LogP contribution in [-0.2, 0) is 4.74 Å². The first kappa shape index (κ1) is 18.2. The maximum Gasteiger partial charge on any atom is 0.129 e. The fourth-order valence-electron chi connectivity index (χ4n) is 4.34. The largest absolute Gasteiger partial charge is 0.376 e. The summed E-state index contributed by atoms with van der Waals surface area (Å²) in [4.78, 5) is 2.39. The molecule has 0 radical (unpaired) electrons. The van der Waals surface area contributed by atoms with E-state index in [2.05, 4.69) is 72.2 Å². The van der Waals surface area contributed by atoms with Crippen LogP contribution in [0.2, 0.25) is 6.32 Å². The van der Waals surface area contributed by atoms with E-state index in [0.717, 1.165) is 24.5 Å². The summed E-state index contributed by atoms with van der Waals surface area (Å²) in [6.07, 6.45) is 5.50. The predicted molar refractivity (Wildman–Crippen MR) is 115 cm³/mol. The van der Waals surface area contributed by atoms with E-state index in [9.17, 15) is 0 Å². The molecule has 0 spiro atoms. The Kier molecular flexibility index (Phi) is 5.85. The quantitative estimate of drug-likeness (QED) is 0.586. The van der Waals surface area contributed by atoms with Crippen LogP contribution >= 0.6 is 0 Å². The number of nitrogens with zero attached hydrogens (tertiary/aromatic N) is 1. The Morgan fingerprint density at radius 2 is 1.93 bits per heavy atom. The molecule has 2 aliphatic heterocycles. The minimum absolute atomic E-state index is 0.109. The maximum absolute atomic E-state index is 5.72. The van der Waals surface area contributed by atoms with Gasteiger partial charge in [0.15, 0.2) is 0 Å². The second kappa shape index (κ2) is 8.68. The highest BCUT2D eigenvalue weighted by Crippen LogP contribution is 2.27. The molecule has 0 aromatic heterocycles. The first-order valence-corrected chi connectivity index (χ1v) is 10.3. The fourth-order valence-corrected chi connectivity index (χ4v) is 4.34. The molecule has 2 unspecified atom stereocenters. The molecule has 2 aromatic rings. The van der Waals surface area contributed by atoms with Gasteiger partial charge in [-0.1, -0.05) is 73.3 Å². The van der Waals surface area contributed by atoms with Crippen LogP contribution in [0, 0.1) is 18.8 Å². The van der Waals surface area contributed by atoms with Gasteiger partial charge in [-0.3, -0.25) is 0 Å². The summed E-state index contributed by atoms with van der Waals surface area (Å²) in [6, 6.07) is 17.6. The number of hydrogen-bond donors (Lipinski definition) is 0.